The van der Waals surface area contributed by atoms with Crippen molar-refractivity contribution < 1.29 is 4.79 Å². The van der Waals surface area contributed by atoms with Crippen LogP contribution in [0.4, 0.5) is 0 Å². The number of carbonyl (C=O) groups excluding carboxylic acids is 1. The topological polar surface area (TPSA) is 32.3 Å². The molecule has 3 heteroatoms. The summed E-state index contributed by atoms with van der Waals surface area (Å²) in [6.45, 7) is 3.82. The molecule has 19 heavy (non-hydrogen) atoms. The maximum atomic E-state index is 12.3. The van der Waals surface area contributed by atoms with E-state index in [1.807, 2.05) is 11.9 Å². The molecular weight excluding hydrogens is 236 g/mol. The Balaban J connectivity index is 1.91. The molecule has 0 spiro atoms. The van der Waals surface area contributed by atoms with Crippen LogP contribution in [-0.2, 0) is 17.8 Å². The van der Waals surface area contributed by atoms with Crippen LogP contribution in [0.2, 0.25) is 0 Å². The number of aryl methyl sites for hydroxylation is 1. The summed E-state index contributed by atoms with van der Waals surface area (Å²) < 4.78 is 0. The van der Waals surface area contributed by atoms with E-state index < -0.39 is 0 Å². The number of nitrogens with zero attached hydrogens (tertiary/aromatic N) is 1. The predicted octanol–water partition coefficient (Wildman–Crippen LogP) is 2.35. The maximum absolute atomic E-state index is 12.3. The first-order valence-corrected chi connectivity index (χ1v) is 7.27. The largest absolute Gasteiger partial charge is 0.340 e. The molecule has 0 saturated carbocycles. The lowest BCUT2D eigenvalue weighted by molar-refractivity contribution is -0.133. The van der Waals surface area contributed by atoms with Crippen molar-refractivity contribution in [2.24, 2.45) is 0 Å². The molecule has 1 aliphatic rings. The second-order valence-electron chi connectivity index (χ2n) is 5.37. The molecule has 1 N–H and O–H groups in total. The minimum Gasteiger partial charge on any atom is -0.340 e. The average molecular weight is 260 g/mol. The second-order valence-corrected chi connectivity index (χ2v) is 5.37. The minimum absolute atomic E-state index is 0.0219. The number of carbonyl (C=O) groups is 1. The Morgan fingerprint density at radius 3 is 2.53 bits per heavy atom. The molecule has 0 aliphatic carbocycles. The van der Waals surface area contributed by atoms with Crippen molar-refractivity contribution >= 4 is 5.91 Å². The summed E-state index contributed by atoms with van der Waals surface area (Å²) in [5, 5.41) is 3.31. The van der Waals surface area contributed by atoms with Gasteiger partial charge in [-0.2, -0.15) is 0 Å². The normalized spacial score (nSPS) is 19.2. The van der Waals surface area contributed by atoms with E-state index in [4.69, 9.17) is 0 Å². The Kier molecular flexibility index (Phi) is 4.97. The van der Waals surface area contributed by atoms with Crippen LogP contribution in [0.5, 0.6) is 0 Å². The molecular formula is C16H24N2O. The van der Waals surface area contributed by atoms with Gasteiger partial charge in [-0.3, -0.25) is 4.79 Å². The zero-order chi connectivity index (χ0) is 13.7. The van der Waals surface area contributed by atoms with Crippen LogP contribution in [0.15, 0.2) is 24.3 Å². The van der Waals surface area contributed by atoms with Gasteiger partial charge in [0.25, 0.3) is 0 Å². The van der Waals surface area contributed by atoms with E-state index in [2.05, 4.69) is 36.5 Å². The van der Waals surface area contributed by atoms with Crippen LogP contribution in [-0.4, -0.2) is 30.4 Å². The molecule has 0 aromatic heterocycles. The maximum Gasteiger partial charge on any atom is 0.239 e. The fourth-order valence-corrected chi connectivity index (χ4v) is 2.56. The SMILES string of the molecule is CCc1ccc(CN(C)C(=O)C2CCCCN2)cc1. The van der Waals surface area contributed by atoms with E-state index in [9.17, 15) is 4.79 Å². The highest BCUT2D eigenvalue weighted by Crippen LogP contribution is 2.12. The van der Waals surface area contributed by atoms with Gasteiger partial charge in [0.15, 0.2) is 0 Å². The van der Waals surface area contributed by atoms with Crippen molar-refractivity contribution in [2.45, 2.75) is 45.2 Å². The first-order chi connectivity index (χ1) is 9.20. The molecule has 1 saturated heterocycles. The molecule has 1 aromatic carbocycles. The fraction of sp³-hybridized carbons (Fsp3) is 0.562. The number of amides is 1. The predicted molar refractivity (Wildman–Crippen MR) is 77.9 cm³/mol. The van der Waals surface area contributed by atoms with Crippen molar-refractivity contribution in [3.05, 3.63) is 35.4 Å². The molecule has 1 fully saturated rings. The lowest BCUT2D eigenvalue weighted by Gasteiger charge is -2.27. The van der Waals surface area contributed by atoms with E-state index in [1.165, 1.54) is 17.5 Å². The van der Waals surface area contributed by atoms with Gasteiger partial charge in [-0.05, 0) is 36.9 Å². The highest BCUT2D eigenvalue weighted by Gasteiger charge is 2.23. The molecule has 2 rings (SSSR count). The third-order valence-corrected chi connectivity index (χ3v) is 3.84. The monoisotopic (exact) mass is 260 g/mol. The van der Waals surface area contributed by atoms with Crippen LogP contribution in [0.1, 0.15) is 37.3 Å². The van der Waals surface area contributed by atoms with Gasteiger partial charge in [0.05, 0.1) is 6.04 Å². The van der Waals surface area contributed by atoms with Gasteiger partial charge in [-0.1, -0.05) is 37.6 Å². The number of nitrogens with one attached hydrogen (secondary N) is 1. The molecule has 1 amide bonds. The summed E-state index contributed by atoms with van der Waals surface area (Å²) in [4.78, 5) is 14.1. The highest BCUT2D eigenvalue weighted by atomic mass is 16.2. The van der Waals surface area contributed by atoms with E-state index in [0.717, 1.165) is 25.8 Å². The molecule has 1 unspecified atom stereocenters. The smallest absolute Gasteiger partial charge is 0.239 e. The van der Waals surface area contributed by atoms with Crippen molar-refractivity contribution in [1.29, 1.82) is 0 Å². The van der Waals surface area contributed by atoms with Gasteiger partial charge in [-0.15, -0.1) is 0 Å². The first kappa shape index (κ1) is 14.1. The molecule has 1 atom stereocenters. The average Bonchev–Trinajstić information content (AvgIpc) is 2.48. The Morgan fingerprint density at radius 1 is 1.26 bits per heavy atom. The Morgan fingerprint density at radius 2 is 1.95 bits per heavy atom. The summed E-state index contributed by atoms with van der Waals surface area (Å²) >= 11 is 0. The van der Waals surface area contributed by atoms with E-state index in [-0.39, 0.29) is 11.9 Å². The number of piperidine rings is 1. The van der Waals surface area contributed by atoms with Gasteiger partial charge in [0.2, 0.25) is 5.91 Å². The van der Waals surface area contributed by atoms with Gasteiger partial charge in [0, 0.05) is 13.6 Å². The molecule has 0 radical (unpaired) electrons. The molecule has 104 valence electrons. The molecule has 3 nitrogen and oxygen atoms in total. The van der Waals surface area contributed by atoms with Gasteiger partial charge in [-0.25, -0.2) is 0 Å². The summed E-state index contributed by atoms with van der Waals surface area (Å²) in [6, 6.07) is 8.56. The first-order valence-electron chi connectivity index (χ1n) is 7.27. The zero-order valence-corrected chi connectivity index (χ0v) is 12.0. The number of rotatable bonds is 4. The van der Waals surface area contributed by atoms with Crippen molar-refractivity contribution in [1.82, 2.24) is 10.2 Å². The number of benzene rings is 1. The Bertz CT molecular complexity index is 407. The third kappa shape index (κ3) is 3.80. The van der Waals surface area contributed by atoms with Crippen LogP contribution in [0, 0.1) is 0 Å². The minimum atomic E-state index is 0.0219. The Hall–Kier alpha value is -1.35. The fourth-order valence-electron chi connectivity index (χ4n) is 2.56. The number of hydrogen-bond donors (Lipinski definition) is 1. The summed E-state index contributed by atoms with van der Waals surface area (Å²) in [5.41, 5.74) is 2.54. The molecule has 1 aromatic rings. The Labute approximate surface area is 116 Å². The standard InChI is InChI=1S/C16H24N2O/c1-3-13-7-9-14(10-8-13)12-18(2)16(19)15-6-4-5-11-17-15/h7-10,15,17H,3-6,11-12H2,1-2H3. The third-order valence-electron chi connectivity index (χ3n) is 3.84. The van der Waals surface area contributed by atoms with Crippen LogP contribution >= 0.6 is 0 Å². The quantitative estimate of drug-likeness (QED) is 0.901. The van der Waals surface area contributed by atoms with Crippen molar-refractivity contribution in [3.8, 4) is 0 Å². The van der Waals surface area contributed by atoms with E-state index >= 15 is 0 Å². The molecule has 1 heterocycles. The van der Waals surface area contributed by atoms with Gasteiger partial charge >= 0.3 is 0 Å². The zero-order valence-electron chi connectivity index (χ0n) is 12.0. The van der Waals surface area contributed by atoms with E-state index in [1.54, 1.807) is 0 Å². The molecule has 0 bridgehead atoms. The van der Waals surface area contributed by atoms with E-state index in [0.29, 0.717) is 6.54 Å². The highest BCUT2D eigenvalue weighted by molar-refractivity contribution is 5.81. The molecule has 1 aliphatic heterocycles. The lowest BCUT2D eigenvalue weighted by Crippen LogP contribution is -2.46. The van der Waals surface area contributed by atoms with Gasteiger partial charge in [0.1, 0.15) is 0 Å². The number of hydrogen-bond acceptors (Lipinski definition) is 2. The van der Waals surface area contributed by atoms with Crippen LogP contribution < -0.4 is 5.32 Å². The summed E-state index contributed by atoms with van der Waals surface area (Å²) in [7, 11) is 1.90. The van der Waals surface area contributed by atoms with Crippen LogP contribution in [0.25, 0.3) is 0 Å². The van der Waals surface area contributed by atoms with Gasteiger partial charge < -0.3 is 10.2 Å². The van der Waals surface area contributed by atoms with Crippen molar-refractivity contribution in [2.75, 3.05) is 13.6 Å². The summed E-state index contributed by atoms with van der Waals surface area (Å²) in [6.07, 6.45) is 4.37. The van der Waals surface area contributed by atoms with Crippen LogP contribution in [0.3, 0.4) is 0 Å². The lowest BCUT2D eigenvalue weighted by atomic mass is 10.0. The summed E-state index contributed by atoms with van der Waals surface area (Å²) in [5.74, 6) is 0.222. The number of likely N-dealkylation sites (N-methyl/N-ethyl adjacent to an activating group) is 1. The second kappa shape index (κ2) is 6.71. The van der Waals surface area contributed by atoms with Crippen molar-refractivity contribution in [3.63, 3.8) is 0 Å².